The normalized spacial score (nSPS) is 11.3. The smallest absolute Gasteiger partial charge is 0.137 e. The maximum Gasteiger partial charge on any atom is 0.137 e. The second-order valence-electron chi connectivity index (χ2n) is 5.45. The van der Waals surface area contributed by atoms with Crippen molar-refractivity contribution in [3.8, 4) is 0 Å². The van der Waals surface area contributed by atoms with Crippen LogP contribution in [0.2, 0.25) is 0 Å². The first-order valence-corrected chi connectivity index (χ1v) is 7.78. The molecule has 2 rings (SSSR count). The van der Waals surface area contributed by atoms with E-state index in [4.69, 9.17) is 5.73 Å². The Balaban J connectivity index is 2.16. The van der Waals surface area contributed by atoms with E-state index in [-0.39, 0.29) is 5.82 Å². The minimum absolute atomic E-state index is 0.234. The van der Waals surface area contributed by atoms with E-state index in [9.17, 15) is 4.39 Å². The second kappa shape index (κ2) is 7.05. The molecule has 2 N–H and O–H groups in total. The average molecular weight is 351 g/mol. The molecule has 0 atom stereocenters. The van der Waals surface area contributed by atoms with Gasteiger partial charge in [-0.2, -0.15) is 0 Å². The first-order chi connectivity index (χ1) is 9.97. The van der Waals surface area contributed by atoms with Crippen molar-refractivity contribution in [1.82, 2.24) is 4.90 Å². The van der Waals surface area contributed by atoms with Crippen molar-refractivity contribution in [2.75, 3.05) is 5.73 Å². The van der Waals surface area contributed by atoms with E-state index in [1.54, 1.807) is 0 Å². The zero-order valence-corrected chi connectivity index (χ0v) is 13.9. The maximum atomic E-state index is 13.3. The molecule has 0 aromatic heterocycles. The zero-order chi connectivity index (χ0) is 15.4. The summed E-state index contributed by atoms with van der Waals surface area (Å²) in [4.78, 5) is 2.31. The van der Waals surface area contributed by atoms with Crippen LogP contribution in [0.25, 0.3) is 0 Å². The number of anilines is 1. The Morgan fingerprint density at radius 3 is 2.48 bits per heavy atom. The largest absolute Gasteiger partial charge is 0.398 e. The molecule has 0 aliphatic rings. The fourth-order valence-electron chi connectivity index (χ4n) is 2.19. The van der Waals surface area contributed by atoms with Gasteiger partial charge in [0, 0.05) is 24.8 Å². The van der Waals surface area contributed by atoms with Gasteiger partial charge >= 0.3 is 0 Å². The number of hydrogen-bond donors (Lipinski definition) is 1. The highest BCUT2D eigenvalue weighted by Gasteiger charge is 2.13. The van der Waals surface area contributed by atoms with Crippen LogP contribution in [0.4, 0.5) is 10.1 Å². The quantitative estimate of drug-likeness (QED) is 0.799. The predicted molar refractivity (Wildman–Crippen MR) is 89.3 cm³/mol. The van der Waals surface area contributed by atoms with E-state index in [2.05, 4.69) is 34.7 Å². The molecule has 4 heteroatoms. The minimum atomic E-state index is -0.234. The lowest BCUT2D eigenvalue weighted by atomic mass is 10.1. The SMILES string of the molecule is CC(C)N(Cc1ccc(F)c(Br)c1)Cc1ccccc1N. The van der Waals surface area contributed by atoms with Gasteiger partial charge in [-0.15, -0.1) is 0 Å². The number of rotatable bonds is 5. The summed E-state index contributed by atoms with van der Waals surface area (Å²) in [5.41, 5.74) is 9.02. The lowest BCUT2D eigenvalue weighted by Gasteiger charge is -2.27. The van der Waals surface area contributed by atoms with E-state index < -0.39 is 0 Å². The van der Waals surface area contributed by atoms with Gasteiger partial charge in [0.05, 0.1) is 4.47 Å². The van der Waals surface area contributed by atoms with Gasteiger partial charge in [0.1, 0.15) is 5.82 Å². The van der Waals surface area contributed by atoms with Crippen LogP contribution in [-0.2, 0) is 13.1 Å². The average Bonchev–Trinajstić information content (AvgIpc) is 2.44. The molecule has 2 aromatic carbocycles. The number of nitrogen functional groups attached to an aromatic ring is 1. The fourth-order valence-corrected chi connectivity index (χ4v) is 2.62. The van der Waals surface area contributed by atoms with Gasteiger partial charge in [-0.25, -0.2) is 4.39 Å². The van der Waals surface area contributed by atoms with Gasteiger partial charge in [0.25, 0.3) is 0 Å². The molecule has 0 saturated heterocycles. The van der Waals surface area contributed by atoms with Gasteiger partial charge in [-0.1, -0.05) is 24.3 Å². The van der Waals surface area contributed by atoms with Gasteiger partial charge in [0.2, 0.25) is 0 Å². The van der Waals surface area contributed by atoms with Crippen molar-refractivity contribution < 1.29 is 4.39 Å². The summed E-state index contributed by atoms with van der Waals surface area (Å²) in [6.07, 6.45) is 0. The number of halogens is 2. The van der Waals surface area contributed by atoms with Crippen LogP contribution in [0.5, 0.6) is 0 Å². The summed E-state index contributed by atoms with van der Waals surface area (Å²) in [5.74, 6) is -0.234. The third kappa shape index (κ3) is 4.29. The van der Waals surface area contributed by atoms with E-state index in [0.717, 1.165) is 29.9 Å². The fraction of sp³-hybridized carbons (Fsp3) is 0.294. The van der Waals surface area contributed by atoms with Crippen LogP contribution in [-0.4, -0.2) is 10.9 Å². The zero-order valence-electron chi connectivity index (χ0n) is 12.3. The first kappa shape index (κ1) is 16.0. The molecular formula is C17H20BrFN2. The molecule has 2 aromatic rings. The highest BCUT2D eigenvalue weighted by atomic mass is 79.9. The number of para-hydroxylation sites is 1. The Hall–Kier alpha value is -1.39. The molecule has 0 spiro atoms. The number of nitrogens with zero attached hydrogens (tertiary/aromatic N) is 1. The van der Waals surface area contributed by atoms with Crippen molar-refractivity contribution in [2.24, 2.45) is 0 Å². The summed E-state index contributed by atoms with van der Waals surface area (Å²) in [6.45, 7) is 5.83. The van der Waals surface area contributed by atoms with Crippen LogP contribution < -0.4 is 5.73 Å². The van der Waals surface area contributed by atoms with E-state index in [0.29, 0.717) is 10.5 Å². The van der Waals surface area contributed by atoms with Crippen molar-refractivity contribution in [3.05, 3.63) is 63.9 Å². The molecule has 0 aliphatic carbocycles. The Morgan fingerprint density at radius 1 is 1.14 bits per heavy atom. The molecule has 0 heterocycles. The highest BCUT2D eigenvalue weighted by molar-refractivity contribution is 9.10. The molecule has 0 amide bonds. The van der Waals surface area contributed by atoms with E-state index >= 15 is 0 Å². The molecule has 21 heavy (non-hydrogen) atoms. The molecule has 0 saturated carbocycles. The van der Waals surface area contributed by atoms with Crippen LogP contribution in [0.15, 0.2) is 46.9 Å². The summed E-state index contributed by atoms with van der Waals surface area (Å²) >= 11 is 3.24. The number of hydrogen-bond acceptors (Lipinski definition) is 2. The number of nitrogens with two attached hydrogens (primary N) is 1. The summed E-state index contributed by atoms with van der Waals surface area (Å²) < 4.78 is 13.8. The van der Waals surface area contributed by atoms with Crippen molar-refractivity contribution in [1.29, 1.82) is 0 Å². The van der Waals surface area contributed by atoms with Crippen molar-refractivity contribution in [2.45, 2.75) is 33.0 Å². The monoisotopic (exact) mass is 350 g/mol. The molecule has 112 valence electrons. The van der Waals surface area contributed by atoms with E-state index in [1.165, 1.54) is 6.07 Å². The third-order valence-corrected chi connectivity index (χ3v) is 4.14. The third-order valence-electron chi connectivity index (χ3n) is 3.53. The standard InChI is InChI=1S/C17H20BrFN2/c1-12(2)21(11-14-5-3-4-6-17(14)20)10-13-7-8-16(19)15(18)9-13/h3-9,12H,10-11,20H2,1-2H3. The van der Waals surface area contributed by atoms with Gasteiger partial charge in [-0.3, -0.25) is 4.90 Å². The van der Waals surface area contributed by atoms with Crippen LogP contribution in [0.1, 0.15) is 25.0 Å². The number of benzene rings is 2. The van der Waals surface area contributed by atoms with Gasteiger partial charge in [0.15, 0.2) is 0 Å². The predicted octanol–water partition coefficient (Wildman–Crippen LogP) is 4.58. The molecule has 0 fully saturated rings. The Morgan fingerprint density at radius 2 is 1.86 bits per heavy atom. The minimum Gasteiger partial charge on any atom is -0.398 e. The Labute approximate surface area is 133 Å². The van der Waals surface area contributed by atoms with Crippen molar-refractivity contribution >= 4 is 21.6 Å². The summed E-state index contributed by atoms with van der Waals surface area (Å²) in [5, 5.41) is 0. The molecule has 0 bridgehead atoms. The van der Waals surface area contributed by atoms with Crippen LogP contribution in [0.3, 0.4) is 0 Å². The second-order valence-corrected chi connectivity index (χ2v) is 6.30. The molecular weight excluding hydrogens is 331 g/mol. The molecule has 0 radical (unpaired) electrons. The van der Waals surface area contributed by atoms with Gasteiger partial charge < -0.3 is 5.73 Å². The summed E-state index contributed by atoms with van der Waals surface area (Å²) in [6, 6.07) is 13.4. The maximum absolute atomic E-state index is 13.3. The Kier molecular flexibility index (Phi) is 5.37. The van der Waals surface area contributed by atoms with Crippen molar-refractivity contribution in [3.63, 3.8) is 0 Å². The highest BCUT2D eigenvalue weighted by Crippen LogP contribution is 2.21. The molecule has 2 nitrogen and oxygen atoms in total. The lowest BCUT2D eigenvalue weighted by molar-refractivity contribution is 0.204. The van der Waals surface area contributed by atoms with Crippen LogP contribution in [0, 0.1) is 5.82 Å². The topological polar surface area (TPSA) is 29.3 Å². The Bertz CT molecular complexity index is 613. The first-order valence-electron chi connectivity index (χ1n) is 6.98. The molecule has 0 unspecified atom stereocenters. The summed E-state index contributed by atoms with van der Waals surface area (Å²) in [7, 11) is 0. The van der Waals surface area contributed by atoms with Gasteiger partial charge in [-0.05, 0) is 59.1 Å². The van der Waals surface area contributed by atoms with E-state index in [1.807, 2.05) is 36.4 Å². The lowest BCUT2D eigenvalue weighted by Crippen LogP contribution is -2.30. The van der Waals surface area contributed by atoms with Crippen LogP contribution >= 0.6 is 15.9 Å². The molecule has 0 aliphatic heterocycles.